The van der Waals surface area contributed by atoms with Crippen LogP contribution in [0.15, 0.2) is 64.1 Å². The highest BCUT2D eigenvalue weighted by molar-refractivity contribution is 7.91. The second-order valence-corrected chi connectivity index (χ2v) is 11.4. The smallest absolute Gasteiger partial charge is 0.263 e. The van der Waals surface area contributed by atoms with E-state index in [1.54, 1.807) is 12.1 Å². The number of benzene rings is 2. The third-order valence-corrected chi connectivity index (χ3v) is 8.11. The lowest BCUT2D eigenvalue weighted by Crippen LogP contribution is -2.20. The summed E-state index contributed by atoms with van der Waals surface area (Å²) in [5.74, 6) is 1.30. The normalized spacial score (nSPS) is 17.1. The summed E-state index contributed by atoms with van der Waals surface area (Å²) < 4.78 is 30.3. The van der Waals surface area contributed by atoms with E-state index in [0.29, 0.717) is 28.5 Å². The van der Waals surface area contributed by atoms with Crippen LogP contribution < -0.4 is 10.6 Å². The van der Waals surface area contributed by atoms with Crippen molar-refractivity contribution >= 4 is 27.3 Å². The fourth-order valence-corrected chi connectivity index (χ4v) is 5.79. The summed E-state index contributed by atoms with van der Waals surface area (Å²) in [7, 11) is -3.43. The molecule has 2 aromatic carbocycles. The van der Waals surface area contributed by atoms with Gasteiger partial charge in [0.25, 0.3) is 5.89 Å². The molecule has 5 rings (SSSR count). The predicted molar refractivity (Wildman–Crippen MR) is 141 cm³/mol. The van der Waals surface area contributed by atoms with Crippen molar-refractivity contribution in [2.24, 2.45) is 0 Å². The molecule has 0 fully saturated rings. The average molecular weight is 537 g/mol. The highest BCUT2D eigenvalue weighted by Gasteiger charge is 2.29. The Balaban J connectivity index is 1.51. The van der Waals surface area contributed by atoms with Crippen molar-refractivity contribution in [3.63, 3.8) is 0 Å². The molecule has 0 spiro atoms. The third kappa shape index (κ3) is 5.23. The zero-order valence-corrected chi connectivity index (χ0v) is 21.7. The predicted octanol–water partition coefficient (Wildman–Crippen LogP) is 3.75. The summed E-state index contributed by atoms with van der Waals surface area (Å²) in [6.45, 7) is 3.71. The van der Waals surface area contributed by atoms with Crippen LogP contribution in [0.3, 0.4) is 0 Å². The standard InChI is InChI=1S/C26H28N6O5S/c1-15(2)23-30-25(37-32-23)19-13-27-26(31-24(19)29-20(14-33)16-6-4-3-5-7-16)28-17-8-9-22-18(12-17)21(34)10-11-38(22,35)36/h3-9,12-13,15,20-21,33-34H,10-11,14H2,1-2H3,(H2,27,28,29,31)/t20-,21?/m1/s1. The van der Waals surface area contributed by atoms with Gasteiger partial charge in [-0.1, -0.05) is 49.3 Å². The molecular weight excluding hydrogens is 508 g/mol. The Hall–Kier alpha value is -3.87. The van der Waals surface area contributed by atoms with Gasteiger partial charge in [0.15, 0.2) is 15.7 Å². The molecule has 2 atom stereocenters. The van der Waals surface area contributed by atoms with Crippen LogP contribution in [0.1, 0.15) is 55.3 Å². The molecule has 1 aliphatic heterocycles. The van der Waals surface area contributed by atoms with Crippen molar-refractivity contribution in [2.75, 3.05) is 23.0 Å². The Morgan fingerprint density at radius 2 is 1.92 bits per heavy atom. The van der Waals surface area contributed by atoms with Crippen LogP contribution in [0.25, 0.3) is 11.5 Å². The Bertz CT molecular complexity index is 1540. The van der Waals surface area contributed by atoms with Gasteiger partial charge in [-0.15, -0.1) is 0 Å². The van der Waals surface area contributed by atoms with E-state index in [9.17, 15) is 18.6 Å². The van der Waals surface area contributed by atoms with Gasteiger partial charge in [-0.3, -0.25) is 0 Å². The molecule has 38 heavy (non-hydrogen) atoms. The van der Waals surface area contributed by atoms with E-state index < -0.39 is 22.0 Å². The Morgan fingerprint density at radius 1 is 1.13 bits per heavy atom. The minimum Gasteiger partial charge on any atom is -0.394 e. The summed E-state index contributed by atoms with van der Waals surface area (Å²) in [5, 5.41) is 30.9. The van der Waals surface area contributed by atoms with E-state index >= 15 is 0 Å². The molecule has 198 valence electrons. The van der Waals surface area contributed by atoms with Gasteiger partial charge < -0.3 is 25.4 Å². The number of aliphatic hydroxyl groups is 2. The lowest BCUT2D eigenvalue weighted by atomic mass is 10.1. The number of anilines is 3. The number of hydrogen-bond acceptors (Lipinski definition) is 11. The maximum Gasteiger partial charge on any atom is 0.263 e. The first-order valence-electron chi connectivity index (χ1n) is 12.2. The Kier molecular flexibility index (Phi) is 7.11. The molecule has 12 heteroatoms. The van der Waals surface area contributed by atoms with E-state index in [1.807, 2.05) is 44.2 Å². The van der Waals surface area contributed by atoms with Crippen LogP contribution in [0, 0.1) is 0 Å². The minimum atomic E-state index is -3.43. The molecule has 0 aliphatic carbocycles. The second-order valence-electron chi connectivity index (χ2n) is 9.36. The maximum atomic E-state index is 12.4. The summed E-state index contributed by atoms with van der Waals surface area (Å²) in [6.07, 6.45) is 0.800. The van der Waals surface area contributed by atoms with Gasteiger partial charge in [0.05, 0.1) is 29.4 Å². The molecule has 1 unspecified atom stereocenters. The molecule has 11 nitrogen and oxygen atoms in total. The van der Waals surface area contributed by atoms with E-state index in [-0.39, 0.29) is 41.4 Å². The van der Waals surface area contributed by atoms with Crippen molar-refractivity contribution < 1.29 is 23.2 Å². The second kappa shape index (κ2) is 10.5. The first-order valence-corrected chi connectivity index (χ1v) is 13.9. The molecule has 0 saturated carbocycles. The van der Waals surface area contributed by atoms with Gasteiger partial charge in [-0.2, -0.15) is 9.97 Å². The van der Waals surface area contributed by atoms with E-state index in [0.717, 1.165) is 5.56 Å². The monoisotopic (exact) mass is 536 g/mol. The van der Waals surface area contributed by atoms with E-state index in [4.69, 9.17) is 4.52 Å². The highest BCUT2D eigenvalue weighted by Crippen LogP contribution is 2.35. The first kappa shape index (κ1) is 25.8. The summed E-state index contributed by atoms with van der Waals surface area (Å²) >= 11 is 0. The lowest BCUT2D eigenvalue weighted by molar-refractivity contribution is 0.168. The fraction of sp³-hybridized carbons (Fsp3) is 0.308. The molecule has 0 bridgehead atoms. The number of nitrogens with one attached hydrogen (secondary N) is 2. The number of fused-ring (bicyclic) bond motifs is 1. The van der Waals surface area contributed by atoms with Crippen molar-refractivity contribution in [1.29, 1.82) is 0 Å². The number of rotatable bonds is 8. The van der Waals surface area contributed by atoms with Gasteiger partial charge >= 0.3 is 0 Å². The van der Waals surface area contributed by atoms with Crippen molar-refractivity contribution in [3.8, 4) is 11.5 Å². The van der Waals surface area contributed by atoms with Crippen LogP contribution in [-0.2, 0) is 9.84 Å². The Labute approximate surface area is 219 Å². The van der Waals surface area contributed by atoms with Crippen LogP contribution in [0.2, 0.25) is 0 Å². The molecule has 0 saturated heterocycles. The number of aliphatic hydroxyl groups excluding tert-OH is 2. The minimum absolute atomic E-state index is 0.0588. The molecule has 2 aromatic heterocycles. The summed E-state index contributed by atoms with van der Waals surface area (Å²) in [6, 6.07) is 13.6. The maximum absolute atomic E-state index is 12.4. The number of nitrogens with zero attached hydrogens (tertiary/aromatic N) is 4. The van der Waals surface area contributed by atoms with Crippen LogP contribution >= 0.6 is 0 Å². The molecule has 0 amide bonds. The van der Waals surface area contributed by atoms with E-state index in [2.05, 4.69) is 30.7 Å². The molecule has 4 aromatic rings. The molecule has 3 heterocycles. The quantitative estimate of drug-likeness (QED) is 0.259. The van der Waals surface area contributed by atoms with Gasteiger partial charge in [-0.05, 0) is 30.2 Å². The average Bonchev–Trinajstić information content (AvgIpc) is 3.41. The largest absolute Gasteiger partial charge is 0.394 e. The van der Waals surface area contributed by atoms with Crippen molar-refractivity contribution in [1.82, 2.24) is 20.1 Å². The number of aromatic nitrogens is 4. The molecule has 4 N–H and O–H groups in total. The topological polar surface area (TPSA) is 163 Å². The fourth-order valence-electron chi connectivity index (χ4n) is 4.20. The summed E-state index contributed by atoms with van der Waals surface area (Å²) in [5.41, 5.74) is 2.16. The first-order chi connectivity index (χ1) is 18.2. The van der Waals surface area contributed by atoms with Gasteiger partial charge in [0, 0.05) is 23.4 Å². The van der Waals surface area contributed by atoms with Crippen LogP contribution in [0.5, 0.6) is 0 Å². The van der Waals surface area contributed by atoms with Gasteiger partial charge in [-0.25, -0.2) is 13.4 Å². The van der Waals surface area contributed by atoms with Crippen molar-refractivity contribution in [2.45, 2.75) is 43.2 Å². The molecule has 1 aliphatic rings. The van der Waals surface area contributed by atoms with Gasteiger partial charge in [0.2, 0.25) is 5.95 Å². The zero-order valence-electron chi connectivity index (χ0n) is 20.9. The lowest BCUT2D eigenvalue weighted by Gasteiger charge is -2.22. The van der Waals surface area contributed by atoms with Crippen molar-refractivity contribution in [3.05, 3.63) is 71.7 Å². The summed E-state index contributed by atoms with van der Waals surface area (Å²) in [4.78, 5) is 13.6. The Morgan fingerprint density at radius 3 is 2.63 bits per heavy atom. The van der Waals surface area contributed by atoms with Crippen LogP contribution in [0.4, 0.5) is 17.5 Å². The number of hydrogen-bond donors (Lipinski definition) is 4. The zero-order chi connectivity index (χ0) is 26.9. The molecule has 0 radical (unpaired) electrons. The van der Waals surface area contributed by atoms with Gasteiger partial charge in [0.1, 0.15) is 11.4 Å². The third-order valence-electron chi connectivity index (χ3n) is 6.29. The highest BCUT2D eigenvalue weighted by atomic mass is 32.2. The SMILES string of the molecule is CC(C)c1noc(-c2cnc(Nc3ccc4c(c3)C(O)CCS4(=O)=O)nc2N[C@H](CO)c2ccccc2)n1. The number of sulfone groups is 1. The van der Waals surface area contributed by atoms with E-state index in [1.165, 1.54) is 12.3 Å². The molecular formula is C26H28N6O5S. The van der Waals surface area contributed by atoms with Crippen LogP contribution in [-0.4, -0.2) is 51.1 Å².